The van der Waals surface area contributed by atoms with Gasteiger partial charge in [0.25, 0.3) is 0 Å². The summed E-state index contributed by atoms with van der Waals surface area (Å²) < 4.78 is 0. The lowest BCUT2D eigenvalue weighted by Crippen LogP contribution is -2.45. The van der Waals surface area contributed by atoms with E-state index in [1.807, 2.05) is 41.3 Å². The normalized spacial score (nSPS) is 18.5. The van der Waals surface area contributed by atoms with Crippen LogP contribution in [0.2, 0.25) is 5.02 Å². The molecule has 0 aromatic heterocycles. The number of halogens is 1. The Labute approximate surface area is 158 Å². The van der Waals surface area contributed by atoms with Gasteiger partial charge in [0.15, 0.2) is 5.78 Å². The lowest BCUT2D eigenvalue weighted by Gasteiger charge is -2.37. The number of nitrogens with zero attached hydrogens (tertiary/aromatic N) is 1. The Morgan fingerprint density at radius 3 is 2.42 bits per heavy atom. The fourth-order valence-corrected chi connectivity index (χ4v) is 4.16. The van der Waals surface area contributed by atoms with Crippen molar-refractivity contribution in [3.05, 3.63) is 76.3 Å². The highest BCUT2D eigenvalue weighted by Crippen LogP contribution is 2.44. The van der Waals surface area contributed by atoms with Gasteiger partial charge < -0.3 is 4.90 Å². The molecule has 3 nitrogen and oxygen atoms in total. The molecule has 1 spiro atoms. The Morgan fingerprint density at radius 2 is 1.73 bits per heavy atom. The number of Topliss-reactive ketones (excluding diaryl/α,β-unsaturated/α-hetero) is 1. The first-order valence-electron chi connectivity index (χ1n) is 8.93. The van der Waals surface area contributed by atoms with E-state index < -0.39 is 0 Å². The van der Waals surface area contributed by atoms with Crippen LogP contribution in [0.15, 0.2) is 54.6 Å². The first kappa shape index (κ1) is 17.0. The molecule has 1 amide bonds. The molecular formula is C22H20ClNO2. The Bertz CT molecular complexity index is 877. The fourth-order valence-electron chi connectivity index (χ4n) is 4.03. The molecule has 2 aliphatic rings. The second-order valence-corrected chi connectivity index (χ2v) is 7.59. The van der Waals surface area contributed by atoms with Gasteiger partial charge in [-0.05, 0) is 48.6 Å². The Morgan fingerprint density at radius 1 is 1.04 bits per heavy atom. The van der Waals surface area contributed by atoms with Gasteiger partial charge in [0.2, 0.25) is 5.91 Å². The lowest BCUT2D eigenvalue weighted by molar-refractivity contribution is -0.127. The van der Waals surface area contributed by atoms with Crippen molar-refractivity contribution < 1.29 is 9.59 Å². The molecule has 1 fully saturated rings. The predicted molar refractivity (Wildman–Crippen MR) is 103 cm³/mol. The minimum absolute atomic E-state index is 0.00207. The molecule has 0 bridgehead atoms. The van der Waals surface area contributed by atoms with Crippen molar-refractivity contribution in [2.45, 2.75) is 19.3 Å². The summed E-state index contributed by atoms with van der Waals surface area (Å²) in [5, 5.41) is 0.678. The summed E-state index contributed by atoms with van der Waals surface area (Å²) in [5.74, 6) is 0.259. The van der Waals surface area contributed by atoms with Crippen molar-refractivity contribution in [1.82, 2.24) is 4.90 Å². The number of likely N-dealkylation sites (tertiary alicyclic amines) is 1. The van der Waals surface area contributed by atoms with E-state index in [-0.39, 0.29) is 17.1 Å². The minimum atomic E-state index is -0.305. The van der Waals surface area contributed by atoms with Gasteiger partial charge in [-0.2, -0.15) is 0 Å². The van der Waals surface area contributed by atoms with Crippen molar-refractivity contribution in [2.24, 2.45) is 5.41 Å². The molecule has 0 atom stereocenters. The van der Waals surface area contributed by atoms with E-state index in [2.05, 4.69) is 0 Å². The molecule has 26 heavy (non-hydrogen) atoms. The number of rotatable bonds is 2. The largest absolute Gasteiger partial charge is 0.339 e. The van der Waals surface area contributed by atoms with Gasteiger partial charge >= 0.3 is 0 Å². The molecule has 2 aromatic carbocycles. The topological polar surface area (TPSA) is 37.4 Å². The van der Waals surface area contributed by atoms with Crippen molar-refractivity contribution in [3.63, 3.8) is 0 Å². The number of ketones is 1. The highest BCUT2D eigenvalue weighted by molar-refractivity contribution is 6.30. The van der Waals surface area contributed by atoms with Crippen LogP contribution in [-0.2, 0) is 11.2 Å². The number of amides is 1. The van der Waals surface area contributed by atoms with E-state index in [0.717, 1.165) is 36.0 Å². The third-order valence-corrected chi connectivity index (χ3v) is 5.85. The third kappa shape index (κ3) is 3.08. The van der Waals surface area contributed by atoms with Crippen molar-refractivity contribution in [1.29, 1.82) is 0 Å². The molecule has 4 heteroatoms. The number of fused-ring (bicyclic) bond motifs is 1. The van der Waals surface area contributed by atoms with Crippen LogP contribution in [0.5, 0.6) is 0 Å². The molecule has 0 radical (unpaired) electrons. The summed E-state index contributed by atoms with van der Waals surface area (Å²) in [6.45, 7) is 1.26. The van der Waals surface area contributed by atoms with Crippen LogP contribution in [0, 0.1) is 5.41 Å². The molecule has 0 saturated carbocycles. The number of piperidine rings is 1. The maximum absolute atomic E-state index is 12.9. The van der Waals surface area contributed by atoms with Crippen molar-refractivity contribution >= 4 is 29.4 Å². The first-order chi connectivity index (χ1) is 12.6. The molecule has 2 aromatic rings. The van der Waals surface area contributed by atoms with Gasteiger partial charge in [0.05, 0.1) is 0 Å². The maximum Gasteiger partial charge on any atom is 0.246 e. The van der Waals surface area contributed by atoms with Crippen LogP contribution < -0.4 is 0 Å². The molecule has 132 valence electrons. The Kier molecular flexibility index (Phi) is 4.41. The molecule has 0 unspecified atom stereocenters. The number of carbonyl (C=O) groups is 2. The summed E-state index contributed by atoms with van der Waals surface area (Å²) in [6, 6.07) is 15.3. The minimum Gasteiger partial charge on any atom is -0.339 e. The number of hydrogen-bond donors (Lipinski definition) is 0. The molecule has 1 aliphatic carbocycles. The van der Waals surface area contributed by atoms with Crippen LogP contribution in [0.25, 0.3) is 6.08 Å². The SMILES string of the molecule is O=C(/C=C/c1ccc(Cl)cc1)N1CCC2(CC1)Cc1ccccc1C2=O. The Balaban J connectivity index is 1.40. The third-order valence-electron chi connectivity index (χ3n) is 5.59. The van der Waals surface area contributed by atoms with Crippen LogP contribution >= 0.6 is 11.6 Å². The maximum atomic E-state index is 12.9. The quantitative estimate of drug-likeness (QED) is 0.739. The molecule has 1 aliphatic heterocycles. The standard InChI is InChI=1S/C22H20ClNO2/c23-18-8-5-16(6-9-18)7-10-20(25)24-13-11-22(12-14-24)15-17-3-1-2-4-19(17)21(22)26/h1-10H,11-15H2/b10-7+. The number of benzene rings is 2. The highest BCUT2D eigenvalue weighted by atomic mass is 35.5. The summed E-state index contributed by atoms with van der Waals surface area (Å²) >= 11 is 5.87. The van der Waals surface area contributed by atoms with Gasteiger partial charge in [-0.3, -0.25) is 9.59 Å². The Hall–Kier alpha value is -2.39. The summed E-state index contributed by atoms with van der Waals surface area (Å²) in [4.78, 5) is 27.2. The zero-order valence-corrected chi connectivity index (χ0v) is 15.2. The zero-order valence-electron chi connectivity index (χ0n) is 14.5. The van der Waals surface area contributed by atoms with E-state index >= 15 is 0 Å². The second kappa shape index (κ2) is 6.73. The average Bonchev–Trinajstić information content (AvgIpc) is 2.94. The van der Waals surface area contributed by atoms with Crippen LogP contribution in [-0.4, -0.2) is 29.7 Å². The van der Waals surface area contributed by atoms with Crippen LogP contribution in [0.4, 0.5) is 0 Å². The highest BCUT2D eigenvalue weighted by Gasteiger charge is 2.47. The second-order valence-electron chi connectivity index (χ2n) is 7.15. The van der Waals surface area contributed by atoms with Crippen LogP contribution in [0.3, 0.4) is 0 Å². The monoisotopic (exact) mass is 365 g/mol. The van der Waals surface area contributed by atoms with E-state index in [9.17, 15) is 9.59 Å². The lowest BCUT2D eigenvalue weighted by atomic mass is 9.75. The summed E-state index contributed by atoms with van der Waals surface area (Å²) in [5.41, 5.74) is 2.66. The van der Waals surface area contributed by atoms with Gasteiger partial charge in [-0.15, -0.1) is 0 Å². The average molecular weight is 366 g/mol. The molecular weight excluding hydrogens is 346 g/mol. The summed E-state index contributed by atoms with van der Waals surface area (Å²) in [6.07, 6.45) is 5.69. The predicted octanol–water partition coefficient (Wildman–Crippen LogP) is 4.40. The molecule has 0 N–H and O–H groups in total. The van der Waals surface area contributed by atoms with Gasteiger partial charge in [-0.1, -0.05) is 48.0 Å². The van der Waals surface area contributed by atoms with Crippen LogP contribution in [0.1, 0.15) is 34.3 Å². The summed E-state index contributed by atoms with van der Waals surface area (Å²) in [7, 11) is 0. The fraction of sp³-hybridized carbons (Fsp3) is 0.273. The molecule has 1 heterocycles. The van der Waals surface area contributed by atoms with E-state index in [0.29, 0.717) is 18.1 Å². The van der Waals surface area contributed by atoms with Crippen molar-refractivity contribution in [2.75, 3.05) is 13.1 Å². The van der Waals surface area contributed by atoms with E-state index in [4.69, 9.17) is 11.6 Å². The smallest absolute Gasteiger partial charge is 0.246 e. The number of carbonyl (C=O) groups excluding carboxylic acids is 2. The number of hydrogen-bond acceptors (Lipinski definition) is 2. The van der Waals surface area contributed by atoms with E-state index in [1.165, 1.54) is 0 Å². The van der Waals surface area contributed by atoms with Crippen molar-refractivity contribution in [3.8, 4) is 0 Å². The van der Waals surface area contributed by atoms with Gasteiger partial charge in [0.1, 0.15) is 0 Å². The first-order valence-corrected chi connectivity index (χ1v) is 9.30. The molecule has 4 rings (SSSR count). The van der Waals surface area contributed by atoms with E-state index in [1.54, 1.807) is 24.3 Å². The zero-order chi connectivity index (χ0) is 18.1. The van der Waals surface area contributed by atoms with Gasteiger partial charge in [-0.25, -0.2) is 0 Å². The molecule has 1 saturated heterocycles. The van der Waals surface area contributed by atoms with Gasteiger partial charge in [0, 0.05) is 35.2 Å².